The lowest BCUT2D eigenvalue weighted by atomic mass is 10.0. The summed E-state index contributed by atoms with van der Waals surface area (Å²) in [5, 5.41) is 22.9. The van der Waals surface area contributed by atoms with Gasteiger partial charge in [0.05, 0.1) is 18.8 Å². The summed E-state index contributed by atoms with van der Waals surface area (Å²) in [6.07, 6.45) is 36.9. The molecule has 3 N–H and O–H groups in total. The van der Waals surface area contributed by atoms with Gasteiger partial charge in [0.1, 0.15) is 0 Å². The number of carbonyl (C=O) groups excluding carboxylic acids is 1. The highest BCUT2D eigenvalue weighted by Gasteiger charge is 2.19. The van der Waals surface area contributed by atoms with Crippen LogP contribution in [0.5, 0.6) is 0 Å². The van der Waals surface area contributed by atoms with Gasteiger partial charge in [0, 0.05) is 6.42 Å². The first-order chi connectivity index (χ1) is 19.2. The summed E-state index contributed by atoms with van der Waals surface area (Å²) in [5.74, 6) is -0.0416. The van der Waals surface area contributed by atoms with E-state index in [0.29, 0.717) is 12.8 Å². The minimum absolute atomic E-state index is 0.0416. The smallest absolute Gasteiger partial charge is 0.220 e. The Hall–Kier alpha value is -0.870. The van der Waals surface area contributed by atoms with Gasteiger partial charge in [0.15, 0.2) is 0 Å². The molecule has 0 aromatic heterocycles. The maximum atomic E-state index is 12.3. The van der Waals surface area contributed by atoms with E-state index in [-0.39, 0.29) is 12.5 Å². The normalized spacial score (nSPS) is 13.2. The second-order valence-electron chi connectivity index (χ2n) is 11.9. The molecule has 4 heteroatoms. The summed E-state index contributed by atoms with van der Waals surface area (Å²) in [4.78, 5) is 12.3. The Kier molecular flexibility index (Phi) is 30.9. The molecular weight excluding hydrogens is 482 g/mol. The lowest BCUT2D eigenvalue weighted by Gasteiger charge is -2.22. The molecule has 0 saturated heterocycles. The number of rotatable bonds is 31. The minimum atomic E-state index is -0.674. The number of unbranched alkanes of at least 4 members (excludes halogenated alkanes) is 22. The van der Waals surface area contributed by atoms with Crippen molar-refractivity contribution < 1.29 is 15.0 Å². The summed E-state index contributed by atoms with van der Waals surface area (Å²) < 4.78 is 0. The van der Waals surface area contributed by atoms with Crippen LogP contribution in [0.25, 0.3) is 0 Å². The molecule has 0 fully saturated rings. The molecule has 0 rings (SSSR count). The predicted molar refractivity (Wildman–Crippen MR) is 170 cm³/mol. The Bertz CT molecular complexity index is 522. The summed E-state index contributed by atoms with van der Waals surface area (Å²) in [6, 6.07) is -0.544. The van der Waals surface area contributed by atoms with Crippen molar-refractivity contribution in [1.82, 2.24) is 5.32 Å². The molecule has 0 heterocycles. The van der Waals surface area contributed by atoms with E-state index < -0.39 is 12.1 Å². The number of amides is 1. The fourth-order valence-electron chi connectivity index (χ4n) is 5.29. The Balaban J connectivity index is 3.55. The summed E-state index contributed by atoms with van der Waals surface area (Å²) in [7, 11) is 0. The fraction of sp³-hybridized carbons (Fsp3) is 0.914. The molecule has 0 aromatic carbocycles. The van der Waals surface area contributed by atoms with Gasteiger partial charge in [-0.25, -0.2) is 0 Å². The number of nitrogens with one attached hydrogen (secondary N) is 1. The first-order valence-electron chi connectivity index (χ1n) is 17.4. The Morgan fingerprint density at radius 1 is 0.590 bits per heavy atom. The van der Waals surface area contributed by atoms with E-state index in [1.807, 2.05) is 0 Å². The monoisotopic (exact) mass is 552 g/mol. The van der Waals surface area contributed by atoms with Crippen LogP contribution >= 0.6 is 0 Å². The van der Waals surface area contributed by atoms with Crippen molar-refractivity contribution in [1.29, 1.82) is 0 Å². The molecule has 1 amide bonds. The van der Waals surface area contributed by atoms with Crippen molar-refractivity contribution in [2.45, 2.75) is 199 Å². The highest BCUT2D eigenvalue weighted by atomic mass is 16.3. The van der Waals surface area contributed by atoms with Crippen molar-refractivity contribution in [3.8, 4) is 0 Å². The van der Waals surface area contributed by atoms with E-state index in [4.69, 9.17) is 0 Å². The number of hydrogen-bond donors (Lipinski definition) is 3. The SMILES string of the molecule is CCCCCC/C=C/CCCC[C@@H](O)[C@H](CO)NC(=O)CCCCCCCCCCCCCCCCCCC. The molecular formula is C35H69NO3. The van der Waals surface area contributed by atoms with Gasteiger partial charge >= 0.3 is 0 Å². The third kappa shape index (κ3) is 28.5. The zero-order chi connectivity index (χ0) is 28.7. The van der Waals surface area contributed by atoms with Gasteiger partial charge < -0.3 is 15.5 Å². The summed E-state index contributed by atoms with van der Waals surface area (Å²) in [6.45, 7) is 4.31. The molecule has 0 aliphatic heterocycles. The zero-order valence-electron chi connectivity index (χ0n) is 26.4. The van der Waals surface area contributed by atoms with E-state index >= 15 is 0 Å². The topological polar surface area (TPSA) is 69.6 Å². The fourth-order valence-corrected chi connectivity index (χ4v) is 5.29. The second kappa shape index (κ2) is 31.7. The molecule has 39 heavy (non-hydrogen) atoms. The highest BCUT2D eigenvalue weighted by molar-refractivity contribution is 5.76. The van der Waals surface area contributed by atoms with Crippen molar-refractivity contribution in [3.63, 3.8) is 0 Å². The van der Waals surface area contributed by atoms with Crippen molar-refractivity contribution in [3.05, 3.63) is 12.2 Å². The Morgan fingerprint density at radius 3 is 1.41 bits per heavy atom. The molecule has 0 saturated carbocycles. The van der Waals surface area contributed by atoms with E-state index in [2.05, 4.69) is 31.3 Å². The van der Waals surface area contributed by atoms with Crippen LogP contribution in [0.4, 0.5) is 0 Å². The van der Waals surface area contributed by atoms with Crippen LogP contribution in [0, 0.1) is 0 Å². The number of carbonyl (C=O) groups is 1. The largest absolute Gasteiger partial charge is 0.394 e. The van der Waals surface area contributed by atoms with Gasteiger partial charge in [-0.05, 0) is 38.5 Å². The molecule has 232 valence electrons. The van der Waals surface area contributed by atoms with Crippen LogP contribution in [-0.2, 0) is 4.79 Å². The molecule has 0 aliphatic carbocycles. The van der Waals surface area contributed by atoms with Gasteiger partial charge in [-0.3, -0.25) is 4.79 Å². The average molecular weight is 552 g/mol. The third-order valence-corrected chi connectivity index (χ3v) is 8.03. The average Bonchev–Trinajstić information content (AvgIpc) is 2.94. The molecule has 0 radical (unpaired) electrons. The van der Waals surface area contributed by atoms with Gasteiger partial charge in [-0.2, -0.15) is 0 Å². The molecule has 0 aliphatic rings. The van der Waals surface area contributed by atoms with E-state index in [0.717, 1.165) is 32.1 Å². The molecule has 0 unspecified atom stereocenters. The lowest BCUT2D eigenvalue weighted by Crippen LogP contribution is -2.45. The first kappa shape index (κ1) is 38.1. The number of hydrogen-bond acceptors (Lipinski definition) is 3. The molecule has 2 atom stereocenters. The molecule has 0 bridgehead atoms. The van der Waals surface area contributed by atoms with Gasteiger partial charge in [0.25, 0.3) is 0 Å². The van der Waals surface area contributed by atoms with Crippen LogP contribution in [-0.4, -0.2) is 34.9 Å². The molecule has 4 nitrogen and oxygen atoms in total. The third-order valence-electron chi connectivity index (χ3n) is 8.03. The Morgan fingerprint density at radius 2 is 0.974 bits per heavy atom. The number of aliphatic hydroxyl groups is 2. The highest BCUT2D eigenvalue weighted by Crippen LogP contribution is 2.15. The second-order valence-corrected chi connectivity index (χ2v) is 11.9. The Labute approximate surface area is 244 Å². The van der Waals surface area contributed by atoms with Gasteiger partial charge in [0.2, 0.25) is 5.91 Å². The molecule has 0 spiro atoms. The standard InChI is InChI=1S/C35H69NO3/c1-3-5-7-9-11-13-15-16-17-18-19-20-21-23-25-27-29-31-35(39)36-33(32-37)34(38)30-28-26-24-22-14-12-10-8-6-4-2/h14,22,33-34,37-38H,3-13,15-21,23-32H2,1-2H3,(H,36,39)/b22-14+/t33-,34+/m0/s1. The maximum absolute atomic E-state index is 12.3. The van der Waals surface area contributed by atoms with Crippen LogP contribution in [0.1, 0.15) is 187 Å². The summed E-state index contributed by atoms with van der Waals surface area (Å²) >= 11 is 0. The van der Waals surface area contributed by atoms with Crippen LogP contribution in [0.2, 0.25) is 0 Å². The van der Waals surface area contributed by atoms with Crippen molar-refractivity contribution >= 4 is 5.91 Å². The molecule has 0 aromatic rings. The quantitative estimate of drug-likeness (QED) is 0.0593. The van der Waals surface area contributed by atoms with Crippen LogP contribution < -0.4 is 5.32 Å². The minimum Gasteiger partial charge on any atom is -0.394 e. The number of allylic oxidation sites excluding steroid dienone is 2. The first-order valence-corrected chi connectivity index (χ1v) is 17.4. The van der Waals surface area contributed by atoms with Crippen molar-refractivity contribution in [2.24, 2.45) is 0 Å². The van der Waals surface area contributed by atoms with Gasteiger partial charge in [-0.1, -0.05) is 154 Å². The van der Waals surface area contributed by atoms with E-state index in [1.165, 1.54) is 128 Å². The van der Waals surface area contributed by atoms with E-state index in [9.17, 15) is 15.0 Å². The number of aliphatic hydroxyl groups excluding tert-OH is 2. The maximum Gasteiger partial charge on any atom is 0.220 e. The van der Waals surface area contributed by atoms with Gasteiger partial charge in [-0.15, -0.1) is 0 Å². The predicted octanol–water partition coefficient (Wildman–Crippen LogP) is 9.95. The van der Waals surface area contributed by atoms with Crippen molar-refractivity contribution in [2.75, 3.05) is 6.61 Å². The van der Waals surface area contributed by atoms with Crippen LogP contribution in [0.15, 0.2) is 12.2 Å². The summed E-state index contributed by atoms with van der Waals surface area (Å²) in [5.41, 5.74) is 0. The lowest BCUT2D eigenvalue weighted by molar-refractivity contribution is -0.123. The van der Waals surface area contributed by atoms with E-state index in [1.54, 1.807) is 0 Å². The zero-order valence-corrected chi connectivity index (χ0v) is 26.4. The van der Waals surface area contributed by atoms with Crippen LogP contribution in [0.3, 0.4) is 0 Å².